The fourth-order valence-corrected chi connectivity index (χ4v) is 2.83. The number of carboxylic acids is 1. The number of nitrogens with zero attached hydrogens (tertiary/aromatic N) is 3. The van der Waals surface area contributed by atoms with Crippen molar-refractivity contribution in [3.63, 3.8) is 0 Å². The van der Waals surface area contributed by atoms with E-state index in [4.69, 9.17) is 9.84 Å². The summed E-state index contributed by atoms with van der Waals surface area (Å²) < 4.78 is 5.60. The van der Waals surface area contributed by atoms with Gasteiger partial charge in [0.15, 0.2) is 0 Å². The number of aliphatic carboxylic acids is 1. The highest BCUT2D eigenvalue weighted by molar-refractivity contribution is 5.94. The number of likely N-dealkylation sites (N-methyl/N-ethyl adjacent to an activating group) is 1. The second-order valence-corrected chi connectivity index (χ2v) is 6.09. The molecule has 2 rings (SSSR count). The molecular weight excluding hydrogens is 330 g/mol. The summed E-state index contributed by atoms with van der Waals surface area (Å²) in [6.45, 7) is 3.03. The molecule has 1 fully saturated rings. The predicted molar refractivity (Wildman–Crippen MR) is 88.6 cm³/mol. The van der Waals surface area contributed by atoms with Crippen molar-refractivity contribution >= 4 is 17.6 Å². The smallest absolute Gasteiger partial charge is 0.317 e. The number of nitro groups is 1. The lowest BCUT2D eigenvalue weighted by molar-refractivity contribution is -0.385. The molecule has 1 amide bonds. The van der Waals surface area contributed by atoms with E-state index in [0.717, 1.165) is 0 Å². The summed E-state index contributed by atoms with van der Waals surface area (Å²) in [5.74, 6) is -1.14. The minimum Gasteiger partial charge on any atom is -0.480 e. The van der Waals surface area contributed by atoms with Gasteiger partial charge in [0.2, 0.25) is 0 Å². The molecular formula is C16H21N3O6. The third kappa shape index (κ3) is 4.97. The molecule has 0 bridgehead atoms. The van der Waals surface area contributed by atoms with E-state index in [0.29, 0.717) is 37.4 Å². The average molecular weight is 351 g/mol. The predicted octanol–water partition coefficient (Wildman–Crippen LogP) is 0.761. The van der Waals surface area contributed by atoms with Crippen LogP contribution in [0.15, 0.2) is 18.2 Å². The molecule has 0 spiro atoms. The molecule has 0 saturated carbocycles. The standard InChI is InChI=1S/C16H21N3O6/c1-11-7-12(3-4-14(11)19(23)24)16(22)18-5-6-25-13(9-18)8-17(2)10-15(20)21/h3-4,7,13H,5-6,8-10H2,1-2H3,(H,20,21). The summed E-state index contributed by atoms with van der Waals surface area (Å²) in [5.41, 5.74) is 0.802. The third-order valence-electron chi connectivity index (χ3n) is 3.99. The second-order valence-electron chi connectivity index (χ2n) is 6.09. The van der Waals surface area contributed by atoms with Gasteiger partial charge in [0.25, 0.3) is 11.6 Å². The van der Waals surface area contributed by atoms with E-state index in [2.05, 4.69) is 0 Å². The number of hydrogen-bond acceptors (Lipinski definition) is 6. The van der Waals surface area contributed by atoms with Crippen molar-refractivity contribution < 1.29 is 24.4 Å². The zero-order valence-electron chi connectivity index (χ0n) is 14.2. The second kappa shape index (κ2) is 8.04. The van der Waals surface area contributed by atoms with Crippen molar-refractivity contribution in [1.29, 1.82) is 0 Å². The van der Waals surface area contributed by atoms with Crippen LogP contribution < -0.4 is 0 Å². The Morgan fingerprint density at radius 3 is 2.80 bits per heavy atom. The monoisotopic (exact) mass is 351 g/mol. The van der Waals surface area contributed by atoms with Crippen LogP contribution in [0.2, 0.25) is 0 Å². The van der Waals surface area contributed by atoms with Gasteiger partial charge in [-0.25, -0.2) is 0 Å². The highest BCUT2D eigenvalue weighted by atomic mass is 16.6. The number of nitro benzene ring substituents is 1. The summed E-state index contributed by atoms with van der Waals surface area (Å²) in [6, 6.07) is 4.30. The Morgan fingerprint density at radius 2 is 2.20 bits per heavy atom. The van der Waals surface area contributed by atoms with Crippen LogP contribution in [-0.2, 0) is 9.53 Å². The van der Waals surface area contributed by atoms with Crippen LogP contribution in [0.5, 0.6) is 0 Å². The van der Waals surface area contributed by atoms with Gasteiger partial charge in [-0.15, -0.1) is 0 Å². The first kappa shape index (κ1) is 18.8. The molecule has 0 radical (unpaired) electrons. The van der Waals surface area contributed by atoms with Gasteiger partial charge < -0.3 is 14.7 Å². The Labute approximate surface area is 144 Å². The summed E-state index contributed by atoms with van der Waals surface area (Å²) >= 11 is 0. The van der Waals surface area contributed by atoms with Gasteiger partial charge in [-0.05, 0) is 26.1 Å². The van der Waals surface area contributed by atoms with Crippen molar-refractivity contribution in [2.45, 2.75) is 13.0 Å². The first-order valence-electron chi connectivity index (χ1n) is 7.84. The minimum atomic E-state index is -0.924. The van der Waals surface area contributed by atoms with Crippen LogP contribution in [0.3, 0.4) is 0 Å². The quantitative estimate of drug-likeness (QED) is 0.594. The van der Waals surface area contributed by atoms with Gasteiger partial charge in [0.1, 0.15) is 0 Å². The Bertz CT molecular complexity index is 678. The highest BCUT2D eigenvalue weighted by Crippen LogP contribution is 2.20. The fraction of sp³-hybridized carbons (Fsp3) is 0.500. The van der Waals surface area contributed by atoms with E-state index in [1.807, 2.05) is 0 Å². The van der Waals surface area contributed by atoms with Gasteiger partial charge in [0, 0.05) is 36.8 Å². The van der Waals surface area contributed by atoms with Gasteiger partial charge in [0.05, 0.1) is 24.2 Å². The van der Waals surface area contributed by atoms with Crippen molar-refractivity contribution in [3.05, 3.63) is 39.4 Å². The summed E-state index contributed by atoms with van der Waals surface area (Å²) in [4.78, 5) is 37.0. The molecule has 1 aromatic rings. The molecule has 136 valence electrons. The number of carbonyl (C=O) groups is 2. The van der Waals surface area contributed by atoms with Crippen LogP contribution in [0, 0.1) is 17.0 Å². The normalized spacial score (nSPS) is 17.6. The molecule has 1 aliphatic heterocycles. The number of morpholine rings is 1. The number of rotatable bonds is 6. The minimum absolute atomic E-state index is 0.0216. The van der Waals surface area contributed by atoms with Crippen LogP contribution in [0.25, 0.3) is 0 Å². The summed E-state index contributed by atoms with van der Waals surface area (Å²) in [6.07, 6.45) is -0.277. The maximum absolute atomic E-state index is 12.6. The van der Waals surface area contributed by atoms with Gasteiger partial charge in [-0.2, -0.15) is 0 Å². The first-order chi connectivity index (χ1) is 11.8. The number of benzene rings is 1. The van der Waals surface area contributed by atoms with Crippen LogP contribution in [0.4, 0.5) is 5.69 Å². The zero-order valence-corrected chi connectivity index (χ0v) is 14.2. The Hall–Kier alpha value is -2.52. The van der Waals surface area contributed by atoms with E-state index in [1.54, 1.807) is 23.8 Å². The number of hydrogen-bond donors (Lipinski definition) is 1. The van der Waals surface area contributed by atoms with Crippen molar-refractivity contribution in [1.82, 2.24) is 9.80 Å². The lowest BCUT2D eigenvalue weighted by Gasteiger charge is -2.34. The molecule has 1 saturated heterocycles. The van der Waals surface area contributed by atoms with E-state index in [-0.39, 0.29) is 24.2 Å². The molecule has 25 heavy (non-hydrogen) atoms. The van der Waals surface area contributed by atoms with E-state index in [9.17, 15) is 19.7 Å². The number of aryl methyl sites for hydroxylation is 1. The first-order valence-corrected chi connectivity index (χ1v) is 7.84. The summed E-state index contributed by atoms with van der Waals surface area (Å²) in [7, 11) is 1.68. The molecule has 0 aliphatic carbocycles. The third-order valence-corrected chi connectivity index (χ3v) is 3.99. The molecule has 1 unspecified atom stereocenters. The molecule has 9 heteroatoms. The van der Waals surface area contributed by atoms with Crippen molar-refractivity contribution in [2.24, 2.45) is 0 Å². The largest absolute Gasteiger partial charge is 0.480 e. The maximum atomic E-state index is 12.6. The van der Waals surface area contributed by atoms with E-state index >= 15 is 0 Å². The molecule has 1 heterocycles. The molecule has 9 nitrogen and oxygen atoms in total. The maximum Gasteiger partial charge on any atom is 0.317 e. The average Bonchev–Trinajstić information content (AvgIpc) is 2.53. The lowest BCUT2D eigenvalue weighted by atomic mass is 10.1. The Morgan fingerprint density at radius 1 is 1.48 bits per heavy atom. The highest BCUT2D eigenvalue weighted by Gasteiger charge is 2.27. The Balaban J connectivity index is 2.03. The topological polar surface area (TPSA) is 113 Å². The molecule has 1 atom stereocenters. The molecule has 1 aliphatic rings. The SMILES string of the molecule is Cc1cc(C(=O)N2CCOC(CN(C)CC(=O)O)C2)ccc1[N+](=O)[O-]. The zero-order chi connectivity index (χ0) is 18.6. The lowest BCUT2D eigenvalue weighted by Crippen LogP contribution is -2.49. The molecule has 1 aromatic carbocycles. The van der Waals surface area contributed by atoms with Crippen LogP contribution in [0.1, 0.15) is 15.9 Å². The number of carbonyl (C=O) groups excluding carboxylic acids is 1. The van der Waals surface area contributed by atoms with Crippen molar-refractivity contribution in [3.8, 4) is 0 Å². The Kier molecular flexibility index (Phi) is 6.05. The van der Waals surface area contributed by atoms with Crippen LogP contribution >= 0.6 is 0 Å². The number of carboxylic acid groups (broad SMARTS) is 1. The molecule has 1 N–H and O–H groups in total. The van der Waals surface area contributed by atoms with Gasteiger partial charge >= 0.3 is 5.97 Å². The van der Waals surface area contributed by atoms with E-state index < -0.39 is 10.9 Å². The van der Waals surface area contributed by atoms with Crippen LogP contribution in [-0.4, -0.2) is 77.6 Å². The fourth-order valence-electron chi connectivity index (χ4n) is 2.83. The number of amides is 1. The summed E-state index contributed by atoms with van der Waals surface area (Å²) in [5, 5.41) is 19.7. The van der Waals surface area contributed by atoms with E-state index in [1.165, 1.54) is 18.2 Å². The van der Waals surface area contributed by atoms with Crippen molar-refractivity contribution in [2.75, 3.05) is 39.8 Å². The molecule has 0 aromatic heterocycles. The number of ether oxygens (including phenoxy) is 1. The van der Waals surface area contributed by atoms with Gasteiger partial charge in [-0.3, -0.25) is 24.6 Å². The van der Waals surface area contributed by atoms with Gasteiger partial charge in [-0.1, -0.05) is 0 Å².